The second-order valence-corrected chi connectivity index (χ2v) is 27.2. The molecule has 0 heterocycles. The maximum absolute atomic E-state index is 2.57. The Morgan fingerprint density at radius 3 is 1.54 bits per heavy atom. The molecule has 0 saturated carbocycles. The van der Waals surface area contributed by atoms with Gasteiger partial charge in [-0.05, 0) is 0 Å². The number of rotatable bonds is 3. The van der Waals surface area contributed by atoms with Crippen LogP contribution >= 0.6 is 0 Å². The van der Waals surface area contributed by atoms with E-state index in [-0.39, 0.29) is 0 Å². The molecule has 0 aromatic carbocycles. The fourth-order valence-corrected chi connectivity index (χ4v) is 26.7. The van der Waals surface area contributed by atoms with Crippen molar-refractivity contribution in [2.75, 3.05) is 0 Å². The van der Waals surface area contributed by atoms with Gasteiger partial charge >= 0.3 is 90.0 Å². The third-order valence-corrected chi connectivity index (χ3v) is 20.4. The molecule has 0 radical (unpaired) electrons. The third-order valence-electron chi connectivity index (χ3n) is 2.12. The zero-order valence-electron chi connectivity index (χ0n) is 10.7. The average molecular weight is 305 g/mol. The van der Waals surface area contributed by atoms with Gasteiger partial charge in [-0.2, -0.15) is 0 Å². The van der Waals surface area contributed by atoms with Gasteiger partial charge in [0.1, 0.15) is 0 Å². The van der Waals surface area contributed by atoms with Crippen molar-refractivity contribution in [2.45, 2.75) is 48.3 Å². The standard InChI is InChI=1S/C8H17Si.3CH3.Sn/c1-8(2)6-7-9(3,4)5;;;;/h6,8H,1-5H3;3*1H3;. The van der Waals surface area contributed by atoms with Crippen molar-refractivity contribution in [3.8, 4) is 0 Å². The summed E-state index contributed by atoms with van der Waals surface area (Å²) < 4.78 is 1.91. The van der Waals surface area contributed by atoms with E-state index in [0.29, 0.717) is 0 Å². The molecule has 0 aromatic rings. The summed E-state index contributed by atoms with van der Waals surface area (Å²) in [5, 5.41) is 0. The van der Waals surface area contributed by atoms with Crippen LogP contribution in [0, 0.1) is 5.92 Å². The van der Waals surface area contributed by atoms with Crippen LogP contribution in [0.3, 0.4) is 0 Å². The van der Waals surface area contributed by atoms with E-state index < -0.39 is 26.5 Å². The SMILES string of the molecule is CC(C)/C=[C](/[Si](C)(C)C)[Sn]([CH3])([CH3])[CH3]. The van der Waals surface area contributed by atoms with Gasteiger partial charge in [0.05, 0.1) is 0 Å². The monoisotopic (exact) mass is 306 g/mol. The van der Waals surface area contributed by atoms with Crippen LogP contribution in [0.4, 0.5) is 0 Å². The van der Waals surface area contributed by atoms with E-state index in [1.165, 1.54) is 0 Å². The molecule has 0 nitrogen and oxygen atoms in total. The van der Waals surface area contributed by atoms with Crippen LogP contribution in [-0.2, 0) is 0 Å². The normalized spacial score (nSPS) is 15.3. The summed E-state index contributed by atoms with van der Waals surface area (Å²) in [5.74, 6) is 0.734. The molecule has 0 spiro atoms. The van der Waals surface area contributed by atoms with Gasteiger partial charge in [-0.1, -0.05) is 0 Å². The average Bonchev–Trinajstić information content (AvgIpc) is 1.77. The van der Waals surface area contributed by atoms with E-state index >= 15 is 0 Å². The Morgan fingerprint density at radius 1 is 1.08 bits per heavy atom. The molecule has 0 amide bonds. The summed E-state index contributed by atoms with van der Waals surface area (Å²) >= 11 is -1.79. The first-order valence-corrected chi connectivity index (χ1v) is 18.8. The van der Waals surface area contributed by atoms with Crippen LogP contribution in [-0.4, -0.2) is 26.5 Å². The maximum atomic E-state index is 2.57. The molecule has 0 aliphatic rings. The molecule has 0 fully saturated rings. The van der Waals surface area contributed by atoms with Gasteiger partial charge in [-0.3, -0.25) is 0 Å². The molecular weight excluding hydrogens is 279 g/mol. The fourth-order valence-electron chi connectivity index (χ4n) is 1.96. The minimum atomic E-state index is -1.79. The van der Waals surface area contributed by atoms with Gasteiger partial charge < -0.3 is 0 Å². The summed E-state index contributed by atoms with van der Waals surface area (Å²) in [7, 11) is -1.03. The van der Waals surface area contributed by atoms with Crippen LogP contribution in [0.15, 0.2) is 9.29 Å². The predicted molar refractivity (Wildman–Crippen MR) is 69.6 cm³/mol. The van der Waals surface area contributed by atoms with E-state index in [4.69, 9.17) is 0 Å². The second-order valence-electron chi connectivity index (χ2n) is 6.32. The summed E-state index contributed by atoms with van der Waals surface area (Å²) in [6.45, 7) is 12.1. The van der Waals surface area contributed by atoms with Crippen LogP contribution in [0.1, 0.15) is 13.8 Å². The summed E-state index contributed by atoms with van der Waals surface area (Å²) in [4.78, 5) is 7.63. The van der Waals surface area contributed by atoms with Gasteiger partial charge in [-0.15, -0.1) is 0 Å². The Morgan fingerprint density at radius 2 is 1.46 bits per heavy atom. The summed E-state index contributed by atoms with van der Waals surface area (Å²) in [6.07, 6.45) is 2.57. The molecule has 0 bridgehead atoms. The van der Waals surface area contributed by atoms with Crippen molar-refractivity contribution in [1.29, 1.82) is 0 Å². The van der Waals surface area contributed by atoms with E-state index in [0.717, 1.165) is 5.92 Å². The first-order valence-electron chi connectivity index (χ1n) is 5.28. The van der Waals surface area contributed by atoms with Gasteiger partial charge in [0, 0.05) is 0 Å². The van der Waals surface area contributed by atoms with E-state index in [2.05, 4.69) is 54.4 Å². The Kier molecular flexibility index (Phi) is 4.78. The Balaban J connectivity index is 5.01. The first-order chi connectivity index (χ1) is 5.55. The number of hydrogen-bond acceptors (Lipinski definition) is 0. The van der Waals surface area contributed by atoms with Crippen molar-refractivity contribution in [1.82, 2.24) is 0 Å². The molecule has 0 aliphatic heterocycles. The van der Waals surface area contributed by atoms with Crippen molar-refractivity contribution in [3.05, 3.63) is 9.29 Å². The molecule has 13 heavy (non-hydrogen) atoms. The Hall–Kier alpha value is 0.756. The predicted octanol–water partition coefficient (Wildman–Crippen LogP) is 4.32. The van der Waals surface area contributed by atoms with Crippen LogP contribution < -0.4 is 0 Å². The zero-order chi connectivity index (χ0) is 10.9. The molecule has 0 saturated heterocycles. The van der Waals surface area contributed by atoms with Gasteiger partial charge in [0.25, 0.3) is 0 Å². The minimum absolute atomic E-state index is 0.734. The van der Waals surface area contributed by atoms with Crippen LogP contribution in [0.5, 0.6) is 0 Å². The molecule has 0 atom stereocenters. The molecule has 0 N–H and O–H groups in total. The van der Waals surface area contributed by atoms with Crippen molar-refractivity contribution < 1.29 is 0 Å². The van der Waals surface area contributed by atoms with E-state index in [1.54, 1.807) is 0 Å². The molecule has 0 aliphatic carbocycles. The molecule has 0 aromatic heterocycles. The van der Waals surface area contributed by atoms with E-state index in [1.807, 2.05) is 3.21 Å². The second kappa shape index (κ2) is 4.52. The van der Waals surface area contributed by atoms with Crippen LogP contribution in [0.2, 0.25) is 34.5 Å². The van der Waals surface area contributed by atoms with Gasteiger partial charge in [-0.25, -0.2) is 0 Å². The van der Waals surface area contributed by atoms with Gasteiger partial charge in [0.2, 0.25) is 0 Å². The Labute approximate surface area is 89.7 Å². The van der Waals surface area contributed by atoms with Crippen molar-refractivity contribution in [2.24, 2.45) is 5.92 Å². The topological polar surface area (TPSA) is 0 Å². The summed E-state index contributed by atoms with van der Waals surface area (Å²) in [5.41, 5.74) is 0. The van der Waals surface area contributed by atoms with E-state index in [9.17, 15) is 0 Å². The van der Waals surface area contributed by atoms with Crippen molar-refractivity contribution >= 4 is 26.5 Å². The first kappa shape index (κ1) is 13.8. The number of hydrogen-bond donors (Lipinski definition) is 0. The third kappa shape index (κ3) is 5.26. The molecular formula is C11H26SiSn. The molecule has 2 heteroatoms. The molecule has 0 rings (SSSR count). The van der Waals surface area contributed by atoms with Crippen LogP contribution in [0.25, 0.3) is 0 Å². The molecule has 78 valence electrons. The fraction of sp³-hybridized carbons (Fsp3) is 0.818. The molecule has 0 unspecified atom stereocenters. The van der Waals surface area contributed by atoms with Gasteiger partial charge in [0.15, 0.2) is 0 Å². The summed E-state index contributed by atoms with van der Waals surface area (Å²) in [6, 6.07) is 0. The zero-order valence-corrected chi connectivity index (χ0v) is 14.5. The number of allylic oxidation sites excluding steroid dienone is 1. The quantitative estimate of drug-likeness (QED) is 0.681. The Bertz CT molecular complexity index is 175. The van der Waals surface area contributed by atoms with Crippen molar-refractivity contribution in [3.63, 3.8) is 0 Å².